The van der Waals surface area contributed by atoms with Gasteiger partial charge >= 0.3 is 0 Å². The van der Waals surface area contributed by atoms with E-state index in [0.29, 0.717) is 86.1 Å². The second-order valence-electron chi connectivity index (χ2n) is 9.69. The number of rotatable bonds is 25. The van der Waals surface area contributed by atoms with E-state index in [1.54, 1.807) is 0 Å². The summed E-state index contributed by atoms with van der Waals surface area (Å²) in [5.74, 6) is -2.22. The SMILES string of the molecule is CC(=O)N(O)CCCCCNC(=O)CCC(=O)N(O)CCCCCNC(=O)CCC(=O)N(O)CCCCCNS(=O)[O-]. The number of hydrogen-bond acceptors (Lipinski definition) is 10. The average molecular weight is 624 g/mol. The van der Waals surface area contributed by atoms with Gasteiger partial charge in [0.25, 0.3) is 0 Å². The molecule has 0 aliphatic carbocycles. The number of nitrogens with zero attached hydrogens (tertiary/aromatic N) is 3. The van der Waals surface area contributed by atoms with Gasteiger partial charge in [0.2, 0.25) is 29.5 Å². The van der Waals surface area contributed by atoms with Crippen molar-refractivity contribution in [3.8, 4) is 0 Å². The van der Waals surface area contributed by atoms with E-state index in [2.05, 4.69) is 15.4 Å². The molecule has 0 aliphatic rings. The first-order valence-electron chi connectivity index (χ1n) is 14.3. The fraction of sp³-hybridized carbons (Fsp3) is 0.800. The predicted octanol–water partition coefficient (Wildman–Crippen LogP) is 0.347. The Balaban J connectivity index is 3.76. The molecular weight excluding hydrogens is 576 g/mol. The van der Waals surface area contributed by atoms with Crippen LogP contribution in [-0.4, -0.2) is 108 Å². The molecule has 0 fully saturated rings. The van der Waals surface area contributed by atoms with Gasteiger partial charge in [-0.1, -0.05) is 6.42 Å². The fourth-order valence-electron chi connectivity index (χ4n) is 3.58. The van der Waals surface area contributed by atoms with E-state index in [9.17, 15) is 48.4 Å². The molecule has 0 heterocycles. The maximum Gasteiger partial charge on any atom is 0.246 e. The third-order valence-corrected chi connectivity index (χ3v) is 6.52. The molecule has 1 atom stereocenters. The highest BCUT2D eigenvalue weighted by Crippen LogP contribution is 2.03. The lowest BCUT2D eigenvalue weighted by atomic mass is 10.2. The smallest absolute Gasteiger partial charge is 0.246 e. The summed E-state index contributed by atoms with van der Waals surface area (Å²) in [5.41, 5.74) is 0. The molecule has 0 aromatic carbocycles. The molecule has 17 heteroatoms. The number of carbonyl (C=O) groups is 5. The Bertz CT molecular complexity index is 851. The minimum Gasteiger partial charge on any atom is -0.760 e. The van der Waals surface area contributed by atoms with Crippen LogP contribution in [0.15, 0.2) is 0 Å². The van der Waals surface area contributed by atoms with Crippen LogP contribution in [0.3, 0.4) is 0 Å². The van der Waals surface area contributed by atoms with Gasteiger partial charge < -0.3 is 15.2 Å². The van der Waals surface area contributed by atoms with Crippen LogP contribution in [0.4, 0.5) is 0 Å². The lowest BCUT2D eigenvalue weighted by Gasteiger charge is -2.15. The molecule has 0 spiro atoms. The van der Waals surface area contributed by atoms with Gasteiger partial charge in [0.1, 0.15) is 0 Å². The van der Waals surface area contributed by atoms with Gasteiger partial charge in [-0.2, -0.15) is 0 Å². The largest absolute Gasteiger partial charge is 0.760 e. The molecule has 244 valence electrons. The summed E-state index contributed by atoms with van der Waals surface area (Å²) < 4.78 is 22.9. The molecule has 42 heavy (non-hydrogen) atoms. The molecule has 1 unspecified atom stereocenters. The average Bonchev–Trinajstić information content (AvgIpc) is 2.94. The summed E-state index contributed by atoms with van der Waals surface area (Å²) in [7, 11) is 0. The van der Waals surface area contributed by atoms with Gasteiger partial charge in [0.05, 0.1) is 0 Å². The minimum absolute atomic E-state index is 0.0570. The van der Waals surface area contributed by atoms with Crippen LogP contribution >= 0.6 is 0 Å². The summed E-state index contributed by atoms with van der Waals surface area (Å²) in [6, 6.07) is 0. The number of unbranched alkanes of at least 4 members (excludes halogenated alkanes) is 6. The molecule has 0 radical (unpaired) electrons. The molecule has 6 N–H and O–H groups in total. The predicted molar refractivity (Wildman–Crippen MR) is 149 cm³/mol. The highest BCUT2D eigenvalue weighted by Gasteiger charge is 2.14. The third-order valence-electron chi connectivity index (χ3n) is 6.08. The van der Waals surface area contributed by atoms with Gasteiger partial charge in [0.15, 0.2) is 0 Å². The Morgan fingerprint density at radius 1 is 0.595 bits per heavy atom. The van der Waals surface area contributed by atoms with Crippen molar-refractivity contribution >= 4 is 40.8 Å². The fourth-order valence-corrected chi connectivity index (χ4v) is 3.89. The third kappa shape index (κ3) is 22.9. The van der Waals surface area contributed by atoms with Crippen LogP contribution in [0.25, 0.3) is 0 Å². The second-order valence-corrected chi connectivity index (χ2v) is 10.4. The molecule has 16 nitrogen and oxygen atoms in total. The summed E-state index contributed by atoms with van der Waals surface area (Å²) in [4.78, 5) is 58.5. The number of amides is 5. The zero-order valence-corrected chi connectivity index (χ0v) is 25.2. The highest BCUT2D eigenvalue weighted by atomic mass is 32.2. The quantitative estimate of drug-likeness (QED) is 0.0353. The maximum absolute atomic E-state index is 12.0. The van der Waals surface area contributed by atoms with Gasteiger partial charge in [-0.25, -0.2) is 19.9 Å². The van der Waals surface area contributed by atoms with Crippen LogP contribution in [0.2, 0.25) is 0 Å². The molecule has 0 aromatic heterocycles. The lowest BCUT2D eigenvalue weighted by molar-refractivity contribution is -0.166. The molecule has 0 saturated heterocycles. The first kappa shape index (κ1) is 39.3. The van der Waals surface area contributed by atoms with E-state index in [1.165, 1.54) is 6.92 Å². The summed E-state index contributed by atoms with van der Waals surface area (Å²) in [6.45, 7) is 2.72. The van der Waals surface area contributed by atoms with Crippen LogP contribution < -0.4 is 15.4 Å². The van der Waals surface area contributed by atoms with Crippen LogP contribution in [-0.2, 0) is 35.2 Å². The standard InChI is InChI=1S/C25H48N6O10S/c1-21(32)29(37)18-8-2-5-15-26-22(33)11-13-24(35)30(38)19-9-3-6-16-27-23(34)12-14-25(36)31(39)20-10-4-7-17-28-42(40)41/h28,37-39H,2-20H2,1H3,(H,26,33)(H,27,34)(H,40,41)/p-1. The minimum atomic E-state index is -2.31. The summed E-state index contributed by atoms with van der Waals surface area (Å²) in [6.07, 6.45) is 4.93. The topological polar surface area (TPSA) is 232 Å². The van der Waals surface area contributed by atoms with E-state index in [0.717, 1.165) is 0 Å². The van der Waals surface area contributed by atoms with Crippen LogP contribution in [0.5, 0.6) is 0 Å². The zero-order chi connectivity index (χ0) is 31.8. The number of nitrogens with one attached hydrogen (secondary N) is 3. The van der Waals surface area contributed by atoms with Gasteiger partial charge in [0, 0.05) is 83.1 Å². The Kier molecular flexibility index (Phi) is 23.3. The van der Waals surface area contributed by atoms with Crippen LogP contribution in [0.1, 0.15) is 90.4 Å². The van der Waals surface area contributed by atoms with Crippen molar-refractivity contribution < 1.29 is 48.4 Å². The molecule has 5 amide bonds. The number of carbonyl (C=O) groups excluding carboxylic acids is 5. The van der Waals surface area contributed by atoms with Crippen molar-refractivity contribution in [3.63, 3.8) is 0 Å². The number of hydroxylamine groups is 6. The van der Waals surface area contributed by atoms with E-state index in [4.69, 9.17) is 0 Å². The lowest BCUT2D eigenvalue weighted by Crippen LogP contribution is -2.31. The molecule has 0 aromatic rings. The van der Waals surface area contributed by atoms with Crippen molar-refractivity contribution in [1.82, 2.24) is 30.5 Å². The van der Waals surface area contributed by atoms with Crippen molar-refractivity contribution in [1.29, 1.82) is 0 Å². The summed E-state index contributed by atoms with van der Waals surface area (Å²) >= 11 is -2.31. The normalized spacial score (nSPS) is 11.5. The monoisotopic (exact) mass is 623 g/mol. The Hall–Kier alpha value is -2.70. The van der Waals surface area contributed by atoms with Gasteiger partial charge in [-0.3, -0.25) is 43.8 Å². The van der Waals surface area contributed by atoms with Crippen molar-refractivity contribution in [3.05, 3.63) is 0 Å². The van der Waals surface area contributed by atoms with Crippen molar-refractivity contribution in [2.75, 3.05) is 39.3 Å². The molecule has 0 rings (SSSR count). The zero-order valence-electron chi connectivity index (χ0n) is 24.4. The molecule has 0 bridgehead atoms. The van der Waals surface area contributed by atoms with Gasteiger partial charge in [-0.05, 0) is 51.4 Å². The first-order chi connectivity index (χ1) is 19.9. The first-order valence-corrected chi connectivity index (χ1v) is 15.3. The second kappa shape index (κ2) is 24.9. The number of hydrogen-bond donors (Lipinski definition) is 6. The van der Waals surface area contributed by atoms with Crippen LogP contribution in [0, 0.1) is 0 Å². The Morgan fingerprint density at radius 2 is 0.976 bits per heavy atom. The maximum atomic E-state index is 12.0. The van der Waals surface area contributed by atoms with E-state index >= 15 is 0 Å². The Labute approximate surface area is 249 Å². The van der Waals surface area contributed by atoms with Crippen molar-refractivity contribution in [2.45, 2.75) is 90.4 Å². The van der Waals surface area contributed by atoms with E-state index in [1.807, 2.05) is 0 Å². The van der Waals surface area contributed by atoms with E-state index < -0.39 is 29.0 Å². The highest BCUT2D eigenvalue weighted by molar-refractivity contribution is 7.77. The van der Waals surface area contributed by atoms with Gasteiger partial charge in [-0.15, -0.1) is 0 Å². The van der Waals surface area contributed by atoms with E-state index in [-0.39, 0.29) is 63.7 Å². The Morgan fingerprint density at radius 3 is 1.36 bits per heavy atom. The molecular formula is C25H47N6O10S-. The molecule has 0 aliphatic heterocycles. The van der Waals surface area contributed by atoms with Crippen molar-refractivity contribution in [2.24, 2.45) is 0 Å². The molecule has 0 saturated carbocycles. The summed E-state index contributed by atoms with van der Waals surface area (Å²) in [5, 5.41) is 36.0.